The van der Waals surface area contributed by atoms with Crippen LogP contribution in [0.2, 0.25) is 0 Å². The summed E-state index contributed by atoms with van der Waals surface area (Å²) in [4.78, 5) is 11.3. The number of aliphatic hydroxyl groups excluding tert-OH is 1. The molecule has 1 N–H and O–H groups in total. The summed E-state index contributed by atoms with van der Waals surface area (Å²) in [5.41, 5.74) is 0. The van der Waals surface area contributed by atoms with Gasteiger partial charge in [-0.3, -0.25) is 4.79 Å². The number of hydrogen-bond acceptors (Lipinski definition) is 6. The zero-order valence-corrected chi connectivity index (χ0v) is 12.2. The van der Waals surface area contributed by atoms with Gasteiger partial charge in [-0.05, 0) is 5.75 Å². The molecule has 0 aliphatic carbocycles. The lowest BCUT2D eigenvalue weighted by molar-refractivity contribution is -0.110. The van der Waals surface area contributed by atoms with Crippen molar-refractivity contribution >= 4 is 52.2 Å². The molecule has 0 radical (unpaired) electrons. The van der Waals surface area contributed by atoms with Crippen LogP contribution in [-0.2, 0) is 4.79 Å². The van der Waals surface area contributed by atoms with Gasteiger partial charge in [-0.2, -0.15) is 23.5 Å². The topological polar surface area (TPSA) is 37.3 Å². The quantitative estimate of drug-likeness (QED) is 0.492. The monoisotopic (exact) mass is 286 g/mol. The second-order valence-electron chi connectivity index (χ2n) is 2.53. The third-order valence-electron chi connectivity index (χ3n) is 1.40. The van der Waals surface area contributed by atoms with E-state index >= 15 is 0 Å². The minimum absolute atomic E-state index is 0.152. The summed E-state index contributed by atoms with van der Waals surface area (Å²) in [5.74, 6) is 3.91. The predicted octanol–water partition coefficient (Wildman–Crippen LogP) is 2.76. The maximum atomic E-state index is 11.3. The fourth-order valence-corrected chi connectivity index (χ4v) is 4.18. The van der Waals surface area contributed by atoms with Crippen molar-refractivity contribution in [1.82, 2.24) is 0 Å². The van der Waals surface area contributed by atoms with Gasteiger partial charge in [0, 0.05) is 28.8 Å². The molecule has 0 rings (SSSR count). The molecule has 0 aliphatic rings. The maximum absolute atomic E-state index is 11.3. The average molecular weight is 287 g/mol. The number of carbonyl (C=O) groups is 1. The van der Waals surface area contributed by atoms with Crippen LogP contribution in [-0.4, -0.2) is 44.3 Å². The van der Waals surface area contributed by atoms with Gasteiger partial charge in [-0.25, -0.2) is 0 Å². The second-order valence-corrected chi connectivity index (χ2v) is 7.50. The Balaban J connectivity index is 3.11. The smallest absolute Gasteiger partial charge is 0.189 e. The molecule has 0 fully saturated rings. The van der Waals surface area contributed by atoms with Gasteiger partial charge in [0.1, 0.15) is 0 Å². The largest absolute Gasteiger partial charge is 0.386 e. The number of carbonyl (C=O) groups excluding carboxylic acids is 1. The molecular weight excluding hydrogens is 268 g/mol. The van der Waals surface area contributed by atoms with E-state index in [9.17, 15) is 4.79 Å². The van der Waals surface area contributed by atoms with E-state index < -0.39 is 0 Å². The molecule has 0 bridgehead atoms. The van der Waals surface area contributed by atoms with E-state index in [-0.39, 0.29) is 11.1 Å². The van der Waals surface area contributed by atoms with E-state index in [1.807, 2.05) is 23.5 Å². The van der Waals surface area contributed by atoms with Gasteiger partial charge >= 0.3 is 0 Å². The van der Waals surface area contributed by atoms with E-state index in [4.69, 9.17) is 5.11 Å². The molecular formula is C9H18O2S4. The highest BCUT2D eigenvalue weighted by Gasteiger charge is 2.02. The van der Waals surface area contributed by atoms with E-state index in [2.05, 4.69) is 6.92 Å². The van der Waals surface area contributed by atoms with Crippen LogP contribution in [0.15, 0.2) is 0 Å². The first-order valence-electron chi connectivity index (χ1n) is 4.81. The van der Waals surface area contributed by atoms with Gasteiger partial charge in [0.2, 0.25) is 0 Å². The molecule has 0 unspecified atom stereocenters. The Morgan fingerprint density at radius 3 is 2.60 bits per heavy atom. The zero-order chi connectivity index (χ0) is 11.4. The van der Waals surface area contributed by atoms with E-state index in [0.717, 1.165) is 28.1 Å². The van der Waals surface area contributed by atoms with Crippen LogP contribution in [0.1, 0.15) is 13.3 Å². The molecule has 0 heterocycles. The van der Waals surface area contributed by atoms with Gasteiger partial charge < -0.3 is 5.11 Å². The summed E-state index contributed by atoms with van der Waals surface area (Å²) in [6, 6.07) is 0. The summed E-state index contributed by atoms with van der Waals surface area (Å²) < 4.78 is 0. The molecule has 15 heavy (non-hydrogen) atoms. The van der Waals surface area contributed by atoms with Crippen LogP contribution < -0.4 is 0 Å². The average Bonchev–Trinajstić information content (AvgIpc) is 2.24. The number of hydrogen-bond donors (Lipinski definition) is 1. The Morgan fingerprint density at radius 1 is 1.13 bits per heavy atom. The van der Waals surface area contributed by atoms with E-state index in [0.29, 0.717) is 6.42 Å². The summed E-state index contributed by atoms with van der Waals surface area (Å²) in [5, 5.41) is 9.89. The first-order chi connectivity index (χ1) is 7.31. The third-order valence-corrected chi connectivity index (χ3v) is 5.51. The van der Waals surface area contributed by atoms with Gasteiger partial charge in [0.05, 0.1) is 5.94 Å². The van der Waals surface area contributed by atoms with Gasteiger partial charge in [-0.1, -0.05) is 18.7 Å². The Bertz CT molecular complexity index is 155. The number of thioether (sulfide) groups is 4. The van der Waals surface area contributed by atoms with Gasteiger partial charge in [0.15, 0.2) is 5.12 Å². The van der Waals surface area contributed by atoms with E-state index in [1.165, 1.54) is 23.5 Å². The maximum Gasteiger partial charge on any atom is 0.189 e. The molecule has 0 atom stereocenters. The molecule has 0 aromatic heterocycles. The number of rotatable bonds is 10. The van der Waals surface area contributed by atoms with Crippen LogP contribution in [0.25, 0.3) is 0 Å². The van der Waals surface area contributed by atoms with Crippen molar-refractivity contribution < 1.29 is 9.90 Å². The molecule has 0 aromatic carbocycles. The SMILES string of the molecule is CCSCSCCC(=O)SCCSCO. The highest BCUT2D eigenvalue weighted by molar-refractivity contribution is 8.16. The van der Waals surface area contributed by atoms with Crippen molar-refractivity contribution in [1.29, 1.82) is 0 Å². The molecule has 6 heteroatoms. The molecule has 0 amide bonds. The molecule has 2 nitrogen and oxygen atoms in total. The molecule has 0 aromatic rings. The van der Waals surface area contributed by atoms with Crippen LogP contribution in [0.4, 0.5) is 0 Å². The molecule has 0 aliphatic heterocycles. The van der Waals surface area contributed by atoms with Crippen molar-refractivity contribution in [2.45, 2.75) is 13.3 Å². The van der Waals surface area contributed by atoms with Crippen LogP contribution in [0.5, 0.6) is 0 Å². The predicted molar refractivity (Wildman–Crippen MR) is 77.1 cm³/mol. The minimum Gasteiger partial charge on any atom is -0.386 e. The summed E-state index contributed by atoms with van der Waals surface area (Å²) in [7, 11) is 0. The van der Waals surface area contributed by atoms with E-state index in [1.54, 1.807) is 0 Å². The van der Waals surface area contributed by atoms with Crippen molar-refractivity contribution in [3.63, 3.8) is 0 Å². The zero-order valence-electron chi connectivity index (χ0n) is 8.94. The highest BCUT2D eigenvalue weighted by atomic mass is 32.2. The summed E-state index contributed by atoms with van der Waals surface area (Å²) >= 11 is 6.58. The number of aliphatic hydroxyl groups is 1. The van der Waals surface area contributed by atoms with Gasteiger partial charge in [0.25, 0.3) is 0 Å². The van der Waals surface area contributed by atoms with Gasteiger partial charge in [-0.15, -0.1) is 11.8 Å². The summed E-state index contributed by atoms with van der Waals surface area (Å²) in [6.07, 6.45) is 0.670. The standard InChI is InChI=1S/C9H18O2S4/c1-2-12-8-14-4-3-9(11)15-6-5-13-7-10/h10H,2-8H2,1H3. The first-order valence-corrected chi connectivity index (χ1v) is 9.26. The molecule has 0 spiro atoms. The normalized spacial score (nSPS) is 10.5. The minimum atomic E-state index is 0.152. The Morgan fingerprint density at radius 2 is 1.93 bits per heavy atom. The van der Waals surface area contributed by atoms with Crippen molar-refractivity contribution in [3.05, 3.63) is 0 Å². The van der Waals surface area contributed by atoms with Crippen molar-refractivity contribution in [3.8, 4) is 0 Å². The fourth-order valence-electron chi connectivity index (χ4n) is 0.708. The lowest BCUT2D eigenvalue weighted by atomic mass is 10.5. The summed E-state index contributed by atoms with van der Waals surface area (Å²) in [6.45, 7) is 2.14. The Labute approximate surface area is 109 Å². The fraction of sp³-hybridized carbons (Fsp3) is 0.889. The highest BCUT2D eigenvalue weighted by Crippen LogP contribution is 2.15. The van der Waals surface area contributed by atoms with Crippen LogP contribution in [0, 0.1) is 0 Å². The lowest BCUT2D eigenvalue weighted by Crippen LogP contribution is -1.97. The van der Waals surface area contributed by atoms with Crippen LogP contribution >= 0.6 is 47.0 Å². The van der Waals surface area contributed by atoms with Crippen LogP contribution in [0.3, 0.4) is 0 Å². The Kier molecular flexibility index (Phi) is 14.0. The molecule has 0 saturated carbocycles. The second kappa shape index (κ2) is 13.1. The first kappa shape index (κ1) is 16.0. The Hall–Kier alpha value is 1.03. The lowest BCUT2D eigenvalue weighted by Gasteiger charge is -2.00. The molecule has 90 valence electrons. The third kappa shape index (κ3) is 13.0. The van der Waals surface area contributed by atoms with Crippen molar-refractivity contribution in [2.75, 3.05) is 34.0 Å². The van der Waals surface area contributed by atoms with Crippen molar-refractivity contribution in [2.24, 2.45) is 0 Å². The molecule has 0 saturated heterocycles.